The maximum atomic E-state index is 12.3. The molecule has 1 rings (SSSR count). The van der Waals surface area contributed by atoms with Crippen molar-refractivity contribution in [2.45, 2.75) is 45.2 Å². The molecule has 1 saturated heterocycles. The number of carbonyl (C=O) groups excluding carboxylic acids is 1. The summed E-state index contributed by atoms with van der Waals surface area (Å²) in [5.41, 5.74) is -1.51. The van der Waals surface area contributed by atoms with E-state index in [0.717, 1.165) is 0 Å². The second kappa shape index (κ2) is 5.23. The Balaban J connectivity index is 2.85. The van der Waals surface area contributed by atoms with Crippen molar-refractivity contribution in [2.24, 2.45) is 0 Å². The molecule has 1 aliphatic rings. The molecular formula is C12H22N2O5S. The minimum absolute atomic E-state index is 0.0399. The summed E-state index contributed by atoms with van der Waals surface area (Å²) in [7, 11) is -3.13. The van der Waals surface area contributed by atoms with Gasteiger partial charge in [-0.25, -0.2) is 13.2 Å². The lowest BCUT2D eigenvalue weighted by Gasteiger charge is -2.37. The molecule has 0 aliphatic carbocycles. The maximum absolute atomic E-state index is 12.3. The van der Waals surface area contributed by atoms with Gasteiger partial charge in [-0.2, -0.15) is 0 Å². The van der Waals surface area contributed by atoms with E-state index in [1.165, 1.54) is 4.90 Å². The highest BCUT2D eigenvalue weighted by Gasteiger charge is 2.41. The van der Waals surface area contributed by atoms with Crippen molar-refractivity contribution in [3.05, 3.63) is 0 Å². The van der Waals surface area contributed by atoms with Gasteiger partial charge in [0.1, 0.15) is 6.54 Å². The van der Waals surface area contributed by atoms with Crippen LogP contribution in [-0.2, 0) is 14.6 Å². The summed E-state index contributed by atoms with van der Waals surface area (Å²) in [6.45, 7) is 6.41. The van der Waals surface area contributed by atoms with Gasteiger partial charge < -0.3 is 15.3 Å². The molecule has 2 N–H and O–H groups in total. The number of nitrogens with one attached hydrogen (secondary N) is 1. The molecule has 20 heavy (non-hydrogen) atoms. The molecule has 0 bridgehead atoms. The standard InChI is InChI=1S/C12H22N2O5S/c1-11(2,3)14(7-9(15)16)10(17)13-12(4)5-6-20(18,19)8-12/h5-8H2,1-4H3,(H,13,17)(H,15,16). The number of rotatable bonds is 3. The normalized spacial score (nSPS) is 25.2. The number of nitrogens with zero attached hydrogens (tertiary/aromatic N) is 1. The Labute approximate surface area is 119 Å². The van der Waals surface area contributed by atoms with Crippen molar-refractivity contribution in [1.82, 2.24) is 10.2 Å². The summed E-state index contributed by atoms with van der Waals surface area (Å²) < 4.78 is 23.0. The van der Waals surface area contributed by atoms with E-state index in [1.54, 1.807) is 27.7 Å². The number of hydrogen-bond donors (Lipinski definition) is 2. The van der Waals surface area contributed by atoms with Crippen LogP contribution in [0.1, 0.15) is 34.1 Å². The largest absolute Gasteiger partial charge is 0.480 e. The fraction of sp³-hybridized carbons (Fsp3) is 0.833. The molecule has 8 heteroatoms. The average Bonchev–Trinajstić information content (AvgIpc) is 2.47. The SMILES string of the molecule is CC1(NC(=O)N(CC(=O)O)C(C)(C)C)CCS(=O)(=O)C1. The number of carboxylic acids is 1. The van der Waals surface area contributed by atoms with Gasteiger partial charge in [0.05, 0.1) is 17.0 Å². The van der Waals surface area contributed by atoms with Crippen LogP contribution in [-0.4, -0.2) is 59.6 Å². The van der Waals surface area contributed by atoms with Gasteiger partial charge in [0.25, 0.3) is 0 Å². The van der Waals surface area contributed by atoms with Gasteiger partial charge >= 0.3 is 12.0 Å². The van der Waals surface area contributed by atoms with Gasteiger partial charge in [0, 0.05) is 5.54 Å². The average molecular weight is 306 g/mol. The van der Waals surface area contributed by atoms with E-state index in [0.29, 0.717) is 6.42 Å². The molecule has 0 aromatic carbocycles. The predicted octanol–water partition coefficient (Wildman–Crippen LogP) is 0.458. The Morgan fingerprint density at radius 3 is 2.25 bits per heavy atom. The number of urea groups is 1. The highest BCUT2D eigenvalue weighted by atomic mass is 32.2. The van der Waals surface area contributed by atoms with Gasteiger partial charge in [-0.3, -0.25) is 4.79 Å². The molecule has 2 amide bonds. The van der Waals surface area contributed by atoms with Crippen LogP contribution in [0, 0.1) is 0 Å². The molecule has 1 atom stereocenters. The first kappa shape index (κ1) is 16.7. The number of amides is 2. The van der Waals surface area contributed by atoms with Crippen molar-refractivity contribution in [3.8, 4) is 0 Å². The van der Waals surface area contributed by atoms with Crippen LogP contribution in [0.15, 0.2) is 0 Å². The third-order valence-corrected chi connectivity index (χ3v) is 5.16. The van der Waals surface area contributed by atoms with Crippen LogP contribution in [0.3, 0.4) is 0 Å². The van der Waals surface area contributed by atoms with Gasteiger partial charge in [-0.05, 0) is 34.1 Å². The van der Waals surface area contributed by atoms with Crippen molar-refractivity contribution in [1.29, 1.82) is 0 Å². The van der Waals surface area contributed by atoms with Crippen molar-refractivity contribution >= 4 is 21.8 Å². The van der Waals surface area contributed by atoms with Crippen LogP contribution < -0.4 is 5.32 Å². The zero-order valence-electron chi connectivity index (χ0n) is 12.3. The zero-order chi connectivity index (χ0) is 15.8. The number of carboxylic acid groups (broad SMARTS) is 1. The Morgan fingerprint density at radius 2 is 1.90 bits per heavy atom. The third-order valence-electron chi connectivity index (χ3n) is 3.26. The van der Waals surface area contributed by atoms with Crippen LogP contribution >= 0.6 is 0 Å². The summed E-state index contributed by atoms with van der Waals surface area (Å²) >= 11 is 0. The molecule has 0 saturated carbocycles. The van der Waals surface area contributed by atoms with Crippen molar-refractivity contribution in [2.75, 3.05) is 18.1 Å². The molecule has 1 fully saturated rings. The Bertz CT molecular complexity index is 508. The van der Waals surface area contributed by atoms with E-state index in [9.17, 15) is 18.0 Å². The van der Waals surface area contributed by atoms with Gasteiger partial charge in [0.2, 0.25) is 0 Å². The fourth-order valence-corrected chi connectivity index (χ4v) is 4.28. The van der Waals surface area contributed by atoms with Gasteiger partial charge in [-0.15, -0.1) is 0 Å². The number of hydrogen-bond acceptors (Lipinski definition) is 4. The fourth-order valence-electron chi connectivity index (χ4n) is 2.18. The molecule has 0 spiro atoms. The van der Waals surface area contributed by atoms with Crippen LogP contribution in [0.4, 0.5) is 4.79 Å². The highest BCUT2D eigenvalue weighted by molar-refractivity contribution is 7.91. The maximum Gasteiger partial charge on any atom is 0.323 e. The molecule has 7 nitrogen and oxygen atoms in total. The first-order valence-electron chi connectivity index (χ1n) is 6.37. The molecule has 0 radical (unpaired) electrons. The lowest BCUT2D eigenvalue weighted by molar-refractivity contribution is -0.138. The first-order chi connectivity index (χ1) is 8.85. The minimum Gasteiger partial charge on any atom is -0.480 e. The Morgan fingerprint density at radius 1 is 1.35 bits per heavy atom. The second-order valence-corrected chi connectivity index (χ2v) is 8.67. The summed E-state index contributed by atoms with van der Waals surface area (Å²) in [6, 6.07) is -0.556. The molecule has 1 heterocycles. The van der Waals surface area contributed by atoms with E-state index < -0.39 is 39.5 Å². The first-order valence-corrected chi connectivity index (χ1v) is 8.19. The lowest BCUT2D eigenvalue weighted by atomic mass is 10.0. The lowest BCUT2D eigenvalue weighted by Crippen LogP contribution is -2.58. The van der Waals surface area contributed by atoms with Gasteiger partial charge in [0.15, 0.2) is 9.84 Å². The van der Waals surface area contributed by atoms with Crippen LogP contribution in [0.5, 0.6) is 0 Å². The molecule has 116 valence electrons. The third kappa shape index (κ3) is 4.36. The van der Waals surface area contributed by atoms with E-state index in [4.69, 9.17) is 5.11 Å². The summed E-state index contributed by atoms with van der Waals surface area (Å²) in [4.78, 5) is 24.3. The van der Waals surface area contributed by atoms with E-state index >= 15 is 0 Å². The van der Waals surface area contributed by atoms with E-state index in [2.05, 4.69) is 5.32 Å². The monoisotopic (exact) mass is 306 g/mol. The summed E-state index contributed by atoms with van der Waals surface area (Å²) in [5.74, 6) is -1.19. The van der Waals surface area contributed by atoms with E-state index in [1.807, 2.05) is 0 Å². The summed E-state index contributed by atoms with van der Waals surface area (Å²) in [6.07, 6.45) is 0.339. The molecule has 0 aromatic rings. The smallest absolute Gasteiger partial charge is 0.323 e. The molecule has 1 aliphatic heterocycles. The molecular weight excluding hydrogens is 284 g/mol. The van der Waals surface area contributed by atoms with E-state index in [-0.39, 0.29) is 11.5 Å². The predicted molar refractivity (Wildman–Crippen MR) is 74.3 cm³/mol. The zero-order valence-corrected chi connectivity index (χ0v) is 13.1. The quantitative estimate of drug-likeness (QED) is 0.788. The van der Waals surface area contributed by atoms with Gasteiger partial charge in [-0.1, -0.05) is 0 Å². The minimum atomic E-state index is -3.13. The Kier molecular flexibility index (Phi) is 4.38. The van der Waals surface area contributed by atoms with Crippen molar-refractivity contribution < 1.29 is 23.1 Å². The number of aliphatic carboxylic acids is 1. The van der Waals surface area contributed by atoms with Crippen LogP contribution in [0.2, 0.25) is 0 Å². The molecule has 0 aromatic heterocycles. The summed E-state index contributed by atoms with van der Waals surface area (Å²) in [5, 5.41) is 11.6. The topological polar surface area (TPSA) is 104 Å². The molecule has 1 unspecified atom stereocenters. The van der Waals surface area contributed by atoms with Crippen LogP contribution in [0.25, 0.3) is 0 Å². The second-order valence-electron chi connectivity index (χ2n) is 6.48. The number of carbonyl (C=O) groups is 2. The highest BCUT2D eigenvalue weighted by Crippen LogP contribution is 2.24. The van der Waals surface area contributed by atoms with Crippen molar-refractivity contribution in [3.63, 3.8) is 0 Å². The number of sulfone groups is 1. The Hall–Kier alpha value is -1.31.